The minimum atomic E-state index is -0.783. The van der Waals surface area contributed by atoms with Crippen LogP contribution in [0.2, 0.25) is 0 Å². The molecule has 7 nitrogen and oxygen atoms in total. The number of rotatable bonds is 5. The van der Waals surface area contributed by atoms with Crippen molar-refractivity contribution in [3.63, 3.8) is 0 Å². The van der Waals surface area contributed by atoms with E-state index in [0.717, 1.165) is 16.0 Å². The van der Waals surface area contributed by atoms with E-state index in [-0.39, 0.29) is 5.57 Å². The summed E-state index contributed by atoms with van der Waals surface area (Å²) in [5.74, 6) is -0.475. The molecule has 1 N–H and O–H groups in total. The smallest absolute Gasteiger partial charge is 0.335 e. The van der Waals surface area contributed by atoms with Crippen LogP contribution in [-0.4, -0.2) is 31.6 Å². The Bertz CT molecular complexity index is 1080. The van der Waals surface area contributed by atoms with E-state index in [1.165, 1.54) is 13.2 Å². The Hall–Kier alpha value is -3.13. The molecule has 3 rings (SSSR count). The number of anilines is 1. The van der Waals surface area contributed by atoms with Crippen molar-refractivity contribution in [1.29, 1.82) is 0 Å². The van der Waals surface area contributed by atoms with Gasteiger partial charge in [0.1, 0.15) is 5.57 Å². The summed E-state index contributed by atoms with van der Waals surface area (Å²) >= 11 is 3.43. The number of amides is 4. The Morgan fingerprint density at radius 1 is 1.07 bits per heavy atom. The molecule has 1 aliphatic heterocycles. The zero-order valence-electron chi connectivity index (χ0n) is 17.0. The summed E-state index contributed by atoms with van der Waals surface area (Å²) in [7, 11) is 1.52. The lowest BCUT2D eigenvalue weighted by Gasteiger charge is -2.27. The number of halogens is 1. The molecule has 2 aromatic rings. The number of barbiturate groups is 1. The van der Waals surface area contributed by atoms with Gasteiger partial charge >= 0.3 is 6.03 Å². The number of carbonyl (C=O) groups is 3. The molecule has 0 aromatic heterocycles. The largest absolute Gasteiger partial charge is 0.493 e. The predicted molar refractivity (Wildman–Crippen MR) is 117 cm³/mol. The maximum absolute atomic E-state index is 13.1. The van der Waals surface area contributed by atoms with E-state index in [0.29, 0.717) is 33.8 Å². The van der Waals surface area contributed by atoms with Gasteiger partial charge in [-0.1, -0.05) is 22.0 Å². The van der Waals surface area contributed by atoms with Crippen LogP contribution < -0.4 is 19.7 Å². The number of hydrogen-bond donors (Lipinski definition) is 1. The summed E-state index contributed by atoms with van der Waals surface area (Å²) in [6.45, 7) is 6.08. The molecule has 0 radical (unpaired) electrons. The van der Waals surface area contributed by atoms with Crippen LogP contribution in [-0.2, 0) is 9.59 Å². The average molecular weight is 473 g/mol. The summed E-state index contributed by atoms with van der Waals surface area (Å²) in [5.41, 5.74) is 2.71. The zero-order valence-corrected chi connectivity index (χ0v) is 18.6. The van der Waals surface area contributed by atoms with Crippen LogP contribution >= 0.6 is 15.9 Å². The summed E-state index contributed by atoms with van der Waals surface area (Å²) in [6.07, 6.45) is 1.42. The molecule has 0 unspecified atom stereocenters. The SMILES string of the molecule is CCOc1cc(/C=C2\C(=O)NC(=O)N(c3ccc(C)c(C)c3)C2=O)c(Br)cc1OC. The number of imide groups is 2. The normalized spacial score (nSPS) is 15.4. The van der Waals surface area contributed by atoms with Crippen LogP contribution in [0.4, 0.5) is 10.5 Å². The molecule has 30 heavy (non-hydrogen) atoms. The lowest BCUT2D eigenvalue weighted by atomic mass is 10.0. The quantitative estimate of drug-likeness (QED) is 0.521. The maximum atomic E-state index is 13.1. The molecule has 8 heteroatoms. The van der Waals surface area contributed by atoms with Gasteiger partial charge in [0.2, 0.25) is 0 Å². The third-order valence-electron chi connectivity index (χ3n) is 4.73. The molecule has 1 aliphatic rings. The molecule has 0 aliphatic carbocycles. The maximum Gasteiger partial charge on any atom is 0.335 e. The first kappa shape index (κ1) is 21.6. The number of nitrogens with one attached hydrogen (secondary N) is 1. The molecule has 0 atom stereocenters. The van der Waals surface area contributed by atoms with Crippen molar-refractivity contribution in [2.24, 2.45) is 0 Å². The Morgan fingerprint density at radius 2 is 1.80 bits per heavy atom. The van der Waals surface area contributed by atoms with Gasteiger partial charge in [0.25, 0.3) is 11.8 Å². The number of hydrogen-bond acceptors (Lipinski definition) is 5. The van der Waals surface area contributed by atoms with E-state index in [4.69, 9.17) is 9.47 Å². The molecular weight excluding hydrogens is 452 g/mol. The molecule has 1 heterocycles. The van der Waals surface area contributed by atoms with Crippen molar-refractivity contribution in [1.82, 2.24) is 5.32 Å². The topological polar surface area (TPSA) is 84.9 Å². The van der Waals surface area contributed by atoms with E-state index < -0.39 is 17.8 Å². The van der Waals surface area contributed by atoms with Crippen molar-refractivity contribution < 1.29 is 23.9 Å². The van der Waals surface area contributed by atoms with E-state index in [1.54, 1.807) is 24.3 Å². The van der Waals surface area contributed by atoms with Gasteiger partial charge in [-0.15, -0.1) is 0 Å². The summed E-state index contributed by atoms with van der Waals surface area (Å²) in [6, 6.07) is 7.79. The van der Waals surface area contributed by atoms with Gasteiger partial charge in [-0.3, -0.25) is 14.9 Å². The van der Waals surface area contributed by atoms with Crippen LogP contribution in [0.25, 0.3) is 6.08 Å². The number of ether oxygens (including phenoxy) is 2. The monoisotopic (exact) mass is 472 g/mol. The lowest BCUT2D eigenvalue weighted by Crippen LogP contribution is -2.54. The van der Waals surface area contributed by atoms with Gasteiger partial charge in [-0.25, -0.2) is 9.69 Å². The van der Waals surface area contributed by atoms with Gasteiger partial charge in [0.15, 0.2) is 11.5 Å². The van der Waals surface area contributed by atoms with E-state index >= 15 is 0 Å². The van der Waals surface area contributed by atoms with Crippen LogP contribution in [0.3, 0.4) is 0 Å². The van der Waals surface area contributed by atoms with Crippen molar-refractivity contribution in [3.8, 4) is 11.5 Å². The molecule has 0 saturated carbocycles. The number of urea groups is 1. The fraction of sp³-hybridized carbons (Fsp3) is 0.227. The lowest BCUT2D eigenvalue weighted by molar-refractivity contribution is -0.122. The van der Waals surface area contributed by atoms with Gasteiger partial charge in [-0.2, -0.15) is 0 Å². The number of aryl methyl sites for hydroxylation is 2. The summed E-state index contributed by atoms with van der Waals surface area (Å²) < 4.78 is 11.5. The number of benzene rings is 2. The standard InChI is InChI=1S/C22H21BrN2O5/c1-5-30-19-10-14(17(23)11-18(19)29-4)9-16-20(26)24-22(28)25(21(16)27)15-7-6-12(2)13(3)8-15/h6-11H,5H2,1-4H3,(H,24,26,28)/b16-9+. The van der Waals surface area contributed by atoms with Gasteiger partial charge < -0.3 is 9.47 Å². The van der Waals surface area contributed by atoms with Crippen molar-refractivity contribution >= 4 is 45.5 Å². The Morgan fingerprint density at radius 3 is 2.43 bits per heavy atom. The van der Waals surface area contributed by atoms with E-state index in [9.17, 15) is 14.4 Å². The second-order valence-corrected chi connectivity index (χ2v) is 7.54. The highest BCUT2D eigenvalue weighted by Gasteiger charge is 2.37. The number of methoxy groups -OCH3 is 1. The Labute approximate surface area is 182 Å². The van der Waals surface area contributed by atoms with Crippen molar-refractivity contribution in [3.05, 3.63) is 57.1 Å². The van der Waals surface area contributed by atoms with Gasteiger partial charge in [0, 0.05) is 4.47 Å². The highest BCUT2D eigenvalue weighted by atomic mass is 79.9. The first-order valence-electron chi connectivity index (χ1n) is 9.25. The second-order valence-electron chi connectivity index (χ2n) is 6.68. The fourth-order valence-electron chi connectivity index (χ4n) is 3.00. The van der Waals surface area contributed by atoms with Crippen LogP contribution in [0.5, 0.6) is 11.5 Å². The van der Waals surface area contributed by atoms with Crippen LogP contribution in [0, 0.1) is 13.8 Å². The zero-order chi connectivity index (χ0) is 22.0. The molecule has 0 spiro atoms. The highest BCUT2D eigenvalue weighted by Crippen LogP contribution is 2.35. The van der Waals surface area contributed by atoms with Gasteiger partial charge in [0.05, 0.1) is 19.4 Å². The molecule has 4 amide bonds. The van der Waals surface area contributed by atoms with Crippen LogP contribution in [0.1, 0.15) is 23.6 Å². The van der Waals surface area contributed by atoms with E-state index in [1.807, 2.05) is 26.8 Å². The fourth-order valence-corrected chi connectivity index (χ4v) is 3.44. The highest BCUT2D eigenvalue weighted by molar-refractivity contribution is 9.10. The first-order chi connectivity index (χ1) is 14.3. The van der Waals surface area contributed by atoms with Crippen LogP contribution in [0.15, 0.2) is 40.4 Å². The van der Waals surface area contributed by atoms with Crippen molar-refractivity contribution in [2.45, 2.75) is 20.8 Å². The Balaban J connectivity index is 2.06. The summed E-state index contributed by atoms with van der Waals surface area (Å²) in [5, 5.41) is 2.23. The molecular formula is C22H21BrN2O5. The number of carbonyl (C=O) groups excluding carboxylic acids is 3. The minimum Gasteiger partial charge on any atom is -0.493 e. The third-order valence-corrected chi connectivity index (χ3v) is 5.42. The molecule has 0 bridgehead atoms. The average Bonchev–Trinajstić information content (AvgIpc) is 2.69. The molecule has 1 fully saturated rings. The van der Waals surface area contributed by atoms with E-state index in [2.05, 4.69) is 21.2 Å². The van der Waals surface area contributed by atoms with Gasteiger partial charge in [-0.05, 0) is 67.8 Å². The summed E-state index contributed by atoms with van der Waals surface area (Å²) in [4.78, 5) is 38.9. The molecule has 1 saturated heterocycles. The molecule has 2 aromatic carbocycles. The Kier molecular flexibility index (Phi) is 6.26. The second kappa shape index (κ2) is 8.71. The number of nitrogens with zero attached hydrogens (tertiary/aromatic N) is 1. The van der Waals surface area contributed by atoms with Crippen molar-refractivity contribution in [2.75, 3.05) is 18.6 Å². The third kappa shape index (κ3) is 4.09. The first-order valence-corrected chi connectivity index (χ1v) is 10.0. The predicted octanol–water partition coefficient (Wildman–Crippen LogP) is 4.14. The minimum absolute atomic E-state index is 0.166. The molecule has 156 valence electrons.